The summed E-state index contributed by atoms with van der Waals surface area (Å²) in [6.07, 6.45) is 0.673. The summed E-state index contributed by atoms with van der Waals surface area (Å²) in [5.41, 5.74) is 1.61. The van der Waals surface area contributed by atoms with Crippen LogP contribution in [0, 0.1) is 5.92 Å². The summed E-state index contributed by atoms with van der Waals surface area (Å²) in [5, 5.41) is 14.4. The van der Waals surface area contributed by atoms with Gasteiger partial charge < -0.3 is 20.5 Å². The van der Waals surface area contributed by atoms with Gasteiger partial charge >= 0.3 is 6.03 Å². The molecule has 6 heteroatoms. The number of benzene rings is 1. The van der Waals surface area contributed by atoms with Gasteiger partial charge in [-0.1, -0.05) is 28.9 Å². The van der Waals surface area contributed by atoms with E-state index in [1.54, 1.807) is 7.11 Å². The maximum absolute atomic E-state index is 11.8. The number of nitrogens with one attached hydrogen (secondary N) is 2. The maximum atomic E-state index is 11.8. The number of urea groups is 1. The summed E-state index contributed by atoms with van der Waals surface area (Å²) >= 11 is 3.44. The number of methoxy groups -OCH3 is 1. The first-order chi connectivity index (χ1) is 9.58. The van der Waals surface area contributed by atoms with E-state index in [1.165, 1.54) is 0 Å². The van der Waals surface area contributed by atoms with Crippen molar-refractivity contribution in [1.82, 2.24) is 5.32 Å². The van der Waals surface area contributed by atoms with Gasteiger partial charge in [0.25, 0.3) is 0 Å². The molecule has 1 unspecified atom stereocenters. The van der Waals surface area contributed by atoms with Crippen molar-refractivity contribution in [1.29, 1.82) is 0 Å². The Labute approximate surface area is 127 Å². The van der Waals surface area contributed by atoms with Crippen LogP contribution < -0.4 is 10.6 Å². The summed E-state index contributed by atoms with van der Waals surface area (Å²) < 4.78 is 6.03. The molecular weight excluding hydrogens is 324 g/mol. The number of carbonyl (C=O) groups excluding carboxylic acids is 1. The van der Waals surface area contributed by atoms with Crippen molar-refractivity contribution in [2.45, 2.75) is 20.0 Å². The lowest BCUT2D eigenvalue weighted by atomic mass is 10.1. The number of halogens is 1. The van der Waals surface area contributed by atoms with Crippen LogP contribution in [0.3, 0.4) is 0 Å². The summed E-state index contributed by atoms with van der Waals surface area (Å²) in [6.45, 7) is 3.05. The van der Waals surface area contributed by atoms with E-state index in [9.17, 15) is 4.79 Å². The number of rotatable bonds is 7. The van der Waals surface area contributed by atoms with E-state index in [0.29, 0.717) is 25.3 Å². The number of hydrogen-bond acceptors (Lipinski definition) is 3. The maximum Gasteiger partial charge on any atom is 0.319 e. The molecular formula is C14H21BrN2O3. The third-order valence-electron chi connectivity index (χ3n) is 2.89. The molecule has 2 amide bonds. The van der Waals surface area contributed by atoms with Gasteiger partial charge in [0.05, 0.1) is 6.61 Å². The molecule has 0 saturated heterocycles. The molecule has 0 aliphatic carbocycles. The number of amides is 2. The van der Waals surface area contributed by atoms with Gasteiger partial charge in [-0.3, -0.25) is 0 Å². The van der Waals surface area contributed by atoms with Crippen LogP contribution >= 0.6 is 15.9 Å². The van der Waals surface area contributed by atoms with E-state index in [0.717, 1.165) is 10.0 Å². The Kier molecular flexibility index (Phi) is 7.58. The quantitative estimate of drug-likeness (QED) is 0.712. The molecule has 0 aliphatic rings. The number of anilines is 1. The van der Waals surface area contributed by atoms with E-state index in [1.807, 2.05) is 25.1 Å². The van der Waals surface area contributed by atoms with Crippen LogP contribution in [0.2, 0.25) is 0 Å². The lowest BCUT2D eigenvalue weighted by Crippen LogP contribution is -2.32. The standard InChI is InChI=1S/C14H21BrN2O3/c1-10(6-7-18)8-16-14(19)17-13-5-3-4-12(15)11(13)9-20-2/h3-5,10,18H,6-9H2,1-2H3,(H2,16,17,19). The minimum absolute atomic E-state index is 0.133. The molecule has 0 fully saturated rings. The van der Waals surface area contributed by atoms with Crippen molar-refractivity contribution in [3.05, 3.63) is 28.2 Å². The fourth-order valence-electron chi connectivity index (χ4n) is 1.72. The first-order valence-electron chi connectivity index (χ1n) is 6.50. The Morgan fingerprint density at radius 2 is 2.25 bits per heavy atom. The zero-order valence-electron chi connectivity index (χ0n) is 11.8. The van der Waals surface area contributed by atoms with Gasteiger partial charge in [-0.05, 0) is 24.5 Å². The zero-order valence-corrected chi connectivity index (χ0v) is 13.4. The summed E-state index contributed by atoms with van der Waals surface area (Å²) in [5.74, 6) is 0.242. The Balaban J connectivity index is 2.59. The zero-order chi connectivity index (χ0) is 15.0. The number of aliphatic hydroxyl groups is 1. The average molecular weight is 345 g/mol. The lowest BCUT2D eigenvalue weighted by Gasteiger charge is -2.15. The molecule has 1 aromatic carbocycles. The van der Waals surface area contributed by atoms with Gasteiger partial charge in [-0.15, -0.1) is 0 Å². The fourth-order valence-corrected chi connectivity index (χ4v) is 2.20. The second kappa shape index (κ2) is 8.94. The Morgan fingerprint density at radius 3 is 2.90 bits per heavy atom. The van der Waals surface area contributed by atoms with E-state index in [-0.39, 0.29) is 18.6 Å². The summed E-state index contributed by atoms with van der Waals surface area (Å²) in [4.78, 5) is 11.8. The van der Waals surface area contributed by atoms with Crippen molar-refractivity contribution in [2.75, 3.05) is 25.6 Å². The molecule has 112 valence electrons. The average Bonchev–Trinajstić information content (AvgIpc) is 2.41. The molecule has 0 bridgehead atoms. The topological polar surface area (TPSA) is 70.6 Å². The van der Waals surface area contributed by atoms with Crippen LogP contribution in [-0.2, 0) is 11.3 Å². The number of aliphatic hydroxyl groups excluding tert-OH is 1. The van der Waals surface area contributed by atoms with Gasteiger partial charge in [0.1, 0.15) is 0 Å². The monoisotopic (exact) mass is 344 g/mol. The van der Waals surface area contributed by atoms with Crippen molar-refractivity contribution < 1.29 is 14.6 Å². The Bertz CT molecular complexity index is 440. The molecule has 0 spiro atoms. The number of carbonyl (C=O) groups is 1. The normalized spacial score (nSPS) is 12.0. The van der Waals surface area contributed by atoms with E-state index >= 15 is 0 Å². The highest BCUT2D eigenvalue weighted by atomic mass is 79.9. The number of hydrogen-bond donors (Lipinski definition) is 3. The molecule has 0 aliphatic heterocycles. The van der Waals surface area contributed by atoms with Crippen molar-refractivity contribution >= 4 is 27.6 Å². The van der Waals surface area contributed by atoms with Crippen LogP contribution in [0.25, 0.3) is 0 Å². The van der Waals surface area contributed by atoms with Crippen molar-refractivity contribution in [2.24, 2.45) is 5.92 Å². The highest BCUT2D eigenvalue weighted by molar-refractivity contribution is 9.10. The Morgan fingerprint density at radius 1 is 1.50 bits per heavy atom. The molecule has 0 heterocycles. The van der Waals surface area contributed by atoms with Gasteiger partial charge in [-0.25, -0.2) is 4.79 Å². The smallest absolute Gasteiger partial charge is 0.319 e. The first kappa shape index (κ1) is 16.9. The molecule has 20 heavy (non-hydrogen) atoms. The molecule has 0 radical (unpaired) electrons. The lowest BCUT2D eigenvalue weighted by molar-refractivity contribution is 0.185. The van der Waals surface area contributed by atoms with E-state index in [4.69, 9.17) is 9.84 Å². The van der Waals surface area contributed by atoms with E-state index < -0.39 is 0 Å². The van der Waals surface area contributed by atoms with Crippen LogP contribution in [0.15, 0.2) is 22.7 Å². The predicted molar refractivity (Wildman–Crippen MR) is 82.7 cm³/mol. The van der Waals surface area contributed by atoms with Crippen LogP contribution in [0.5, 0.6) is 0 Å². The Hall–Kier alpha value is -1.11. The molecule has 5 nitrogen and oxygen atoms in total. The van der Waals surface area contributed by atoms with Crippen molar-refractivity contribution in [3.63, 3.8) is 0 Å². The molecule has 3 N–H and O–H groups in total. The second-order valence-corrected chi connectivity index (χ2v) is 5.51. The SMILES string of the molecule is COCc1c(Br)cccc1NC(=O)NCC(C)CCO. The van der Waals surface area contributed by atoms with Crippen LogP contribution in [0.1, 0.15) is 18.9 Å². The highest BCUT2D eigenvalue weighted by Crippen LogP contribution is 2.25. The molecule has 1 rings (SSSR count). The molecule has 0 aromatic heterocycles. The minimum atomic E-state index is -0.259. The fraction of sp³-hybridized carbons (Fsp3) is 0.500. The van der Waals surface area contributed by atoms with Gasteiger partial charge in [0.15, 0.2) is 0 Å². The highest BCUT2D eigenvalue weighted by Gasteiger charge is 2.10. The summed E-state index contributed by atoms with van der Waals surface area (Å²) in [6, 6.07) is 5.33. The van der Waals surface area contributed by atoms with Crippen molar-refractivity contribution in [3.8, 4) is 0 Å². The first-order valence-corrected chi connectivity index (χ1v) is 7.29. The largest absolute Gasteiger partial charge is 0.396 e. The van der Waals surface area contributed by atoms with Crippen LogP contribution in [-0.4, -0.2) is 31.4 Å². The van der Waals surface area contributed by atoms with E-state index in [2.05, 4.69) is 26.6 Å². The van der Waals surface area contributed by atoms with Gasteiger partial charge in [-0.2, -0.15) is 0 Å². The van der Waals surface area contributed by atoms with Gasteiger partial charge in [0.2, 0.25) is 0 Å². The van der Waals surface area contributed by atoms with Crippen LogP contribution in [0.4, 0.5) is 10.5 Å². The number of ether oxygens (including phenoxy) is 1. The second-order valence-electron chi connectivity index (χ2n) is 4.65. The third kappa shape index (κ3) is 5.48. The predicted octanol–water partition coefficient (Wildman–Crippen LogP) is 2.74. The summed E-state index contributed by atoms with van der Waals surface area (Å²) in [7, 11) is 1.61. The van der Waals surface area contributed by atoms with Gasteiger partial charge in [0, 0.05) is 36.0 Å². The molecule has 1 atom stereocenters. The third-order valence-corrected chi connectivity index (χ3v) is 3.63. The molecule has 0 saturated carbocycles. The minimum Gasteiger partial charge on any atom is -0.396 e. The molecule has 1 aromatic rings.